The Kier molecular flexibility index (Phi) is 5.97. The summed E-state index contributed by atoms with van der Waals surface area (Å²) in [6.45, 7) is 2.09. The molecule has 0 aliphatic heterocycles. The van der Waals surface area contributed by atoms with Gasteiger partial charge in [0.15, 0.2) is 0 Å². The maximum atomic E-state index is 6.11. The van der Waals surface area contributed by atoms with Crippen LogP contribution in [0.15, 0.2) is 47.4 Å². The summed E-state index contributed by atoms with van der Waals surface area (Å²) >= 11 is 7.77. The van der Waals surface area contributed by atoms with E-state index in [-0.39, 0.29) is 6.04 Å². The average Bonchev–Trinajstić information content (AvgIpc) is 2.50. The zero-order valence-corrected chi connectivity index (χ0v) is 13.9. The SMILES string of the molecule is CCC(N)Cc1ccc(Cl)cc1Oc1ccccc1SC. The molecule has 0 aromatic heterocycles. The molecule has 0 heterocycles. The van der Waals surface area contributed by atoms with Crippen molar-refractivity contribution in [3.63, 3.8) is 0 Å². The van der Waals surface area contributed by atoms with Gasteiger partial charge in [-0.15, -0.1) is 11.8 Å². The Hall–Kier alpha value is -1.16. The van der Waals surface area contributed by atoms with Crippen molar-refractivity contribution in [2.75, 3.05) is 6.26 Å². The van der Waals surface area contributed by atoms with Crippen molar-refractivity contribution in [1.29, 1.82) is 0 Å². The number of halogens is 1. The molecule has 2 N–H and O–H groups in total. The van der Waals surface area contributed by atoms with Gasteiger partial charge in [-0.1, -0.05) is 36.7 Å². The summed E-state index contributed by atoms with van der Waals surface area (Å²) in [5.41, 5.74) is 7.16. The lowest BCUT2D eigenvalue weighted by molar-refractivity contribution is 0.461. The second-order valence-electron chi connectivity index (χ2n) is 4.88. The number of hydrogen-bond donors (Lipinski definition) is 1. The minimum atomic E-state index is 0.129. The van der Waals surface area contributed by atoms with Gasteiger partial charge in [0.1, 0.15) is 11.5 Å². The Labute approximate surface area is 135 Å². The first-order valence-corrected chi connectivity index (χ1v) is 8.59. The van der Waals surface area contributed by atoms with E-state index in [2.05, 4.69) is 6.92 Å². The Morgan fingerprint density at radius 1 is 1.19 bits per heavy atom. The van der Waals surface area contributed by atoms with E-state index in [4.69, 9.17) is 22.1 Å². The van der Waals surface area contributed by atoms with Crippen molar-refractivity contribution >= 4 is 23.4 Å². The molecule has 2 rings (SSSR count). The van der Waals surface area contributed by atoms with E-state index in [9.17, 15) is 0 Å². The summed E-state index contributed by atoms with van der Waals surface area (Å²) in [7, 11) is 0. The van der Waals surface area contributed by atoms with Gasteiger partial charge in [0.25, 0.3) is 0 Å². The minimum absolute atomic E-state index is 0.129. The summed E-state index contributed by atoms with van der Waals surface area (Å²) in [6.07, 6.45) is 3.75. The van der Waals surface area contributed by atoms with Gasteiger partial charge in [-0.25, -0.2) is 0 Å². The van der Waals surface area contributed by atoms with E-state index >= 15 is 0 Å². The lowest BCUT2D eigenvalue weighted by Crippen LogP contribution is -2.21. The fraction of sp³-hybridized carbons (Fsp3) is 0.294. The van der Waals surface area contributed by atoms with Crippen LogP contribution in [0.2, 0.25) is 5.02 Å². The van der Waals surface area contributed by atoms with Crippen LogP contribution in [0.25, 0.3) is 0 Å². The highest BCUT2D eigenvalue weighted by Gasteiger charge is 2.11. The Morgan fingerprint density at radius 2 is 1.95 bits per heavy atom. The van der Waals surface area contributed by atoms with Gasteiger partial charge in [-0.2, -0.15) is 0 Å². The zero-order chi connectivity index (χ0) is 15.2. The second-order valence-corrected chi connectivity index (χ2v) is 6.16. The van der Waals surface area contributed by atoms with Crippen LogP contribution in [0.5, 0.6) is 11.5 Å². The third kappa shape index (κ3) is 4.40. The predicted octanol–water partition coefficient (Wildman–Crippen LogP) is 5.13. The number of ether oxygens (including phenoxy) is 1. The smallest absolute Gasteiger partial charge is 0.140 e. The normalized spacial score (nSPS) is 12.2. The first-order valence-electron chi connectivity index (χ1n) is 6.99. The summed E-state index contributed by atoms with van der Waals surface area (Å²) < 4.78 is 6.10. The number of thioether (sulfide) groups is 1. The van der Waals surface area contributed by atoms with E-state index in [0.717, 1.165) is 34.8 Å². The number of benzene rings is 2. The number of rotatable bonds is 6. The molecule has 0 bridgehead atoms. The van der Waals surface area contributed by atoms with Crippen LogP contribution in [0, 0.1) is 0 Å². The van der Waals surface area contributed by atoms with Crippen LogP contribution in [0.1, 0.15) is 18.9 Å². The first-order chi connectivity index (χ1) is 10.1. The van der Waals surface area contributed by atoms with Crippen LogP contribution in [0.3, 0.4) is 0 Å². The minimum Gasteiger partial charge on any atom is -0.456 e. The predicted molar refractivity (Wildman–Crippen MR) is 91.7 cm³/mol. The largest absolute Gasteiger partial charge is 0.456 e. The first kappa shape index (κ1) is 16.2. The molecular formula is C17H20ClNOS. The molecule has 0 saturated heterocycles. The maximum Gasteiger partial charge on any atom is 0.140 e. The molecule has 1 atom stereocenters. The number of hydrogen-bond acceptors (Lipinski definition) is 3. The molecule has 1 unspecified atom stereocenters. The van der Waals surface area contributed by atoms with Gasteiger partial charge < -0.3 is 10.5 Å². The van der Waals surface area contributed by atoms with Gasteiger partial charge in [0.05, 0.1) is 0 Å². The Bertz CT molecular complexity index is 603. The molecule has 0 saturated carbocycles. The van der Waals surface area contributed by atoms with Crippen molar-refractivity contribution < 1.29 is 4.74 Å². The van der Waals surface area contributed by atoms with Gasteiger partial charge in [0.2, 0.25) is 0 Å². The fourth-order valence-corrected chi connectivity index (χ4v) is 2.73. The second kappa shape index (κ2) is 7.74. The molecule has 112 valence electrons. The highest BCUT2D eigenvalue weighted by molar-refractivity contribution is 7.98. The molecule has 21 heavy (non-hydrogen) atoms. The van der Waals surface area contributed by atoms with E-state index in [1.807, 2.05) is 48.7 Å². The van der Waals surface area contributed by atoms with Gasteiger partial charge in [-0.05, 0) is 48.9 Å². The highest BCUT2D eigenvalue weighted by atomic mass is 35.5. The van der Waals surface area contributed by atoms with E-state index in [0.29, 0.717) is 5.02 Å². The quantitative estimate of drug-likeness (QED) is 0.749. The summed E-state index contributed by atoms with van der Waals surface area (Å²) in [4.78, 5) is 1.10. The van der Waals surface area contributed by atoms with E-state index in [1.165, 1.54) is 0 Å². The van der Waals surface area contributed by atoms with Crippen molar-refractivity contribution in [2.45, 2.75) is 30.7 Å². The summed E-state index contributed by atoms with van der Waals surface area (Å²) in [5, 5.41) is 0.667. The van der Waals surface area contributed by atoms with Gasteiger partial charge in [-0.3, -0.25) is 0 Å². The third-order valence-electron chi connectivity index (χ3n) is 3.32. The molecule has 0 radical (unpaired) electrons. The zero-order valence-electron chi connectivity index (χ0n) is 12.3. The standard InChI is InChI=1S/C17H20ClNOS/c1-3-14(19)10-12-8-9-13(18)11-16(12)20-15-6-4-5-7-17(15)21-2/h4-9,11,14H,3,10,19H2,1-2H3. The lowest BCUT2D eigenvalue weighted by atomic mass is 10.0. The van der Waals surface area contributed by atoms with Gasteiger partial charge >= 0.3 is 0 Å². The lowest BCUT2D eigenvalue weighted by Gasteiger charge is -2.16. The molecule has 0 fully saturated rings. The molecule has 2 nitrogen and oxygen atoms in total. The topological polar surface area (TPSA) is 35.2 Å². The highest BCUT2D eigenvalue weighted by Crippen LogP contribution is 2.34. The number of para-hydroxylation sites is 1. The maximum absolute atomic E-state index is 6.11. The van der Waals surface area contributed by atoms with Crippen LogP contribution in [0.4, 0.5) is 0 Å². The average molecular weight is 322 g/mol. The number of nitrogens with two attached hydrogens (primary N) is 1. The molecule has 0 aliphatic carbocycles. The molecule has 0 spiro atoms. The summed E-state index contributed by atoms with van der Waals surface area (Å²) in [6, 6.07) is 13.8. The Morgan fingerprint density at radius 3 is 2.67 bits per heavy atom. The van der Waals surface area contributed by atoms with Crippen LogP contribution >= 0.6 is 23.4 Å². The molecule has 2 aromatic rings. The molecule has 0 aliphatic rings. The molecule has 4 heteroatoms. The van der Waals surface area contributed by atoms with Crippen molar-refractivity contribution in [3.05, 3.63) is 53.1 Å². The third-order valence-corrected chi connectivity index (χ3v) is 4.34. The molecular weight excluding hydrogens is 302 g/mol. The van der Waals surface area contributed by atoms with E-state index in [1.54, 1.807) is 11.8 Å². The van der Waals surface area contributed by atoms with Crippen LogP contribution in [-0.4, -0.2) is 12.3 Å². The Balaban J connectivity index is 2.31. The van der Waals surface area contributed by atoms with E-state index < -0.39 is 0 Å². The van der Waals surface area contributed by atoms with Gasteiger partial charge in [0, 0.05) is 16.0 Å². The molecule has 0 amide bonds. The van der Waals surface area contributed by atoms with Crippen LogP contribution < -0.4 is 10.5 Å². The molecule has 2 aromatic carbocycles. The van der Waals surface area contributed by atoms with Crippen molar-refractivity contribution in [1.82, 2.24) is 0 Å². The van der Waals surface area contributed by atoms with Crippen LogP contribution in [-0.2, 0) is 6.42 Å². The fourth-order valence-electron chi connectivity index (χ4n) is 2.04. The summed E-state index contributed by atoms with van der Waals surface area (Å²) in [5.74, 6) is 1.63. The van der Waals surface area contributed by atoms with Crippen molar-refractivity contribution in [2.24, 2.45) is 5.73 Å². The monoisotopic (exact) mass is 321 g/mol. The van der Waals surface area contributed by atoms with Crippen molar-refractivity contribution in [3.8, 4) is 11.5 Å².